The first-order valence-electron chi connectivity index (χ1n) is 25.6. The molecule has 5 N–H and O–H groups in total. The molecule has 0 radical (unpaired) electrons. The lowest BCUT2D eigenvalue weighted by Gasteiger charge is -2.34. The van der Waals surface area contributed by atoms with Crippen molar-refractivity contribution in [3.63, 3.8) is 0 Å². The van der Waals surface area contributed by atoms with Crippen molar-refractivity contribution in [1.29, 1.82) is 0 Å². The van der Waals surface area contributed by atoms with Crippen LogP contribution in [0.1, 0.15) is 146 Å². The van der Waals surface area contributed by atoms with Gasteiger partial charge in [0.05, 0.1) is 54.0 Å². The number of aliphatic hydroxyl groups excluding tert-OH is 1. The molecule has 0 saturated carbocycles. The van der Waals surface area contributed by atoms with Gasteiger partial charge in [-0.3, -0.25) is 19.3 Å². The van der Waals surface area contributed by atoms with Crippen LogP contribution in [-0.2, 0) is 24.5 Å². The first-order chi connectivity index (χ1) is 34.6. The number of ether oxygens (including phenoxy) is 1. The number of aromatic nitrogens is 4. The molecule has 5 heterocycles. The van der Waals surface area contributed by atoms with E-state index >= 15 is 0 Å². The molecule has 3 aromatic carbocycles. The highest BCUT2D eigenvalue weighted by molar-refractivity contribution is 5.83. The van der Waals surface area contributed by atoms with Crippen LogP contribution in [-0.4, -0.2) is 131 Å². The Morgan fingerprint density at radius 2 is 1.18 bits per heavy atom. The smallest absolute Gasteiger partial charge is 0.290 e. The number of carboxylic acid groups (broad SMARTS) is 1. The molecule has 1 unspecified atom stereocenters. The number of methoxy groups -OCH3 is 1. The summed E-state index contributed by atoms with van der Waals surface area (Å²) in [4.78, 5) is 60.1. The van der Waals surface area contributed by atoms with Crippen LogP contribution < -0.4 is 10.2 Å². The number of aliphatic hydroxyl groups is 1. The highest BCUT2D eigenvalue weighted by Gasteiger charge is 2.39. The minimum atomic E-state index is -0.250. The highest BCUT2D eigenvalue weighted by Crippen LogP contribution is 2.48. The Morgan fingerprint density at radius 3 is 1.57 bits per heavy atom. The highest BCUT2D eigenvalue weighted by atomic mass is 16.5. The lowest BCUT2D eigenvalue weighted by atomic mass is 9.87. The summed E-state index contributed by atoms with van der Waals surface area (Å²) in [6.45, 7) is 16.6. The van der Waals surface area contributed by atoms with Gasteiger partial charge in [0, 0.05) is 33.0 Å². The second-order valence-corrected chi connectivity index (χ2v) is 20.3. The maximum Gasteiger partial charge on any atom is 0.290 e. The number of anilines is 1. The van der Waals surface area contributed by atoms with Crippen molar-refractivity contribution in [2.24, 2.45) is 5.92 Å². The maximum atomic E-state index is 13.7. The number of nitrogens with one attached hydrogen (secondary N) is 3. The van der Waals surface area contributed by atoms with Crippen LogP contribution in [0.2, 0.25) is 0 Å². The molecule has 2 amide bonds. The van der Waals surface area contributed by atoms with Gasteiger partial charge in [-0.15, -0.1) is 0 Å². The molecule has 394 valence electrons. The van der Waals surface area contributed by atoms with Gasteiger partial charge in [-0.25, -0.2) is 9.97 Å². The van der Waals surface area contributed by atoms with Crippen molar-refractivity contribution >= 4 is 24.0 Å². The number of likely N-dealkylation sites (tertiary alicyclic amines) is 2. The Labute approximate surface area is 429 Å². The van der Waals surface area contributed by atoms with Crippen LogP contribution in [0.5, 0.6) is 0 Å². The van der Waals surface area contributed by atoms with Gasteiger partial charge < -0.3 is 44.9 Å². The third-order valence-corrected chi connectivity index (χ3v) is 13.3. The molecule has 0 bridgehead atoms. The number of amides is 2. The number of rotatable bonds is 12. The van der Waals surface area contributed by atoms with Crippen LogP contribution >= 0.6 is 0 Å². The predicted octanol–water partition coefficient (Wildman–Crippen LogP) is 9.97. The third-order valence-electron chi connectivity index (χ3n) is 13.3. The molecule has 15 nitrogen and oxygen atoms in total. The molecule has 72 heavy (non-hydrogen) atoms. The minimum absolute atomic E-state index is 0.00375. The van der Waals surface area contributed by atoms with E-state index in [1.807, 2.05) is 55.3 Å². The fraction of sp³-hybridized carbons (Fsp3) is 0.526. The van der Waals surface area contributed by atoms with Gasteiger partial charge >= 0.3 is 0 Å². The van der Waals surface area contributed by atoms with Gasteiger partial charge in [0.2, 0.25) is 11.8 Å². The fourth-order valence-corrected chi connectivity index (χ4v) is 10.2. The molecule has 3 aliphatic rings. The van der Waals surface area contributed by atoms with Gasteiger partial charge in [-0.1, -0.05) is 116 Å². The first-order valence-corrected chi connectivity index (χ1v) is 25.6. The zero-order valence-electron chi connectivity index (χ0n) is 45.4. The molecular formula is C57H85N9O6. The van der Waals surface area contributed by atoms with Crippen molar-refractivity contribution in [2.45, 2.75) is 129 Å². The molecule has 2 aromatic heterocycles. The van der Waals surface area contributed by atoms with E-state index in [0.717, 1.165) is 92.9 Å². The van der Waals surface area contributed by atoms with Gasteiger partial charge in [-0.2, -0.15) is 0 Å². The summed E-state index contributed by atoms with van der Waals surface area (Å²) in [6, 6.07) is 27.2. The molecule has 5 atom stereocenters. The molecule has 3 aliphatic heterocycles. The summed E-state index contributed by atoms with van der Waals surface area (Å²) in [5, 5.41) is 16.6. The third kappa shape index (κ3) is 14.6. The molecule has 8 rings (SSSR count). The van der Waals surface area contributed by atoms with E-state index in [9.17, 15) is 9.59 Å². The number of hydrogen-bond donors (Lipinski definition) is 5. The monoisotopic (exact) mass is 992 g/mol. The van der Waals surface area contributed by atoms with E-state index in [2.05, 4.69) is 141 Å². The van der Waals surface area contributed by atoms with Crippen LogP contribution in [0.4, 0.5) is 5.69 Å². The quantitative estimate of drug-likeness (QED) is 0.0750. The molecular weight excluding hydrogens is 907 g/mol. The van der Waals surface area contributed by atoms with Gasteiger partial charge in [0.15, 0.2) is 0 Å². The number of benzene rings is 3. The first kappa shape index (κ1) is 58.7. The Balaban J connectivity index is 0.000000942. The lowest BCUT2D eigenvalue weighted by Crippen LogP contribution is -2.48. The average molecular weight is 992 g/mol. The summed E-state index contributed by atoms with van der Waals surface area (Å²) in [7, 11) is 10.3. The fourth-order valence-electron chi connectivity index (χ4n) is 10.2. The van der Waals surface area contributed by atoms with Crippen LogP contribution in [0, 0.1) is 5.92 Å². The second kappa shape index (κ2) is 28.4. The number of aromatic amines is 2. The molecule has 5 aromatic rings. The topological polar surface area (TPSA) is 183 Å². The average Bonchev–Trinajstić information content (AvgIpc) is 4.22. The number of hydrogen-bond acceptors (Lipinski definition) is 10. The van der Waals surface area contributed by atoms with E-state index in [4.69, 9.17) is 29.7 Å². The largest absolute Gasteiger partial charge is 0.483 e. The van der Waals surface area contributed by atoms with Crippen LogP contribution in [0.3, 0.4) is 0 Å². The maximum absolute atomic E-state index is 13.7. The SMILES string of the molecule is CCC.CNC.CO.COCC(=O)N1CCC[C@H]1c1ncc(-c2ccc([C@H]3CC[C@H](c4ccc(-c5cnc([C@@H]6CCCN6C(=O)C(C(C)C)N(C)C)[nH]5)cc4)N3c3ccc(C(C)(C)C)cc3)cc2)[nH]1.O=CO. The van der Waals surface area contributed by atoms with Gasteiger partial charge in [-0.05, 0) is 118 Å². The molecule has 3 fully saturated rings. The summed E-state index contributed by atoms with van der Waals surface area (Å²) in [5.74, 6) is 2.11. The zero-order chi connectivity index (χ0) is 53.1. The zero-order valence-corrected chi connectivity index (χ0v) is 45.4. The van der Waals surface area contributed by atoms with Gasteiger partial charge in [0.1, 0.15) is 18.3 Å². The molecule has 3 saturated heterocycles. The van der Waals surface area contributed by atoms with Crippen molar-refractivity contribution in [3.8, 4) is 22.5 Å². The Hall–Kier alpha value is -5.87. The van der Waals surface area contributed by atoms with Crippen molar-refractivity contribution in [1.82, 2.24) is 40.0 Å². The van der Waals surface area contributed by atoms with E-state index < -0.39 is 0 Å². The second-order valence-electron chi connectivity index (χ2n) is 20.3. The van der Waals surface area contributed by atoms with E-state index in [0.29, 0.717) is 0 Å². The van der Waals surface area contributed by atoms with Crippen molar-refractivity contribution in [3.05, 3.63) is 114 Å². The number of carbonyl (C=O) groups excluding carboxylic acids is 2. The Kier molecular flexibility index (Phi) is 23.1. The molecule has 0 aliphatic carbocycles. The number of likely N-dealkylation sites (N-methyl/N-ethyl adjacent to an activating group) is 1. The summed E-state index contributed by atoms with van der Waals surface area (Å²) in [6.07, 6.45) is 10.9. The Morgan fingerprint density at radius 1 is 0.764 bits per heavy atom. The summed E-state index contributed by atoms with van der Waals surface area (Å²) in [5.41, 5.74) is 9.26. The van der Waals surface area contributed by atoms with Gasteiger partial charge in [0.25, 0.3) is 6.47 Å². The van der Waals surface area contributed by atoms with E-state index in [1.165, 1.54) is 28.8 Å². The standard InChI is InChI=1S/C50H64N8O3.C3H8.C2H7N.CH2O2.CH4O/c1-32(2)46(55(6)7)49(60)57-28-10-12-44(57)48-52-30-40(54-48)34-15-19-36(20-16-34)42-26-25-41(58(42)38-23-21-37(22-24-38)50(3,4)5)35-17-13-33(14-18-35)39-29-51-47(53-39)43-11-9-27-56(43)45(59)31-61-8;2*1-3-2;2-1-3;1-2/h13-24,29-30,32,41-44,46H,9-12,25-28,31H2,1-8H3,(H,51,53)(H,52,54);3H2,1-2H3;3H,1-2H3;1H,(H,2,3);2H,1H3/t41-,42-,43+,44+,46?;;;;/m1..../s1. The summed E-state index contributed by atoms with van der Waals surface area (Å²) < 4.78 is 5.14. The normalized spacial score (nSPS) is 18.8. The van der Waals surface area contributed by atoms with E-state index in [-0.39, 0.29) is 66.4 Å². The minimum Gasteiger partial charge on any atom is -0.483 e. The lowest BCUT2D eigenvalue weighted by molar-refractivity contribution is -0.139. The Bertz CT molecular complexity index is 2360. The number of carbonyl (C=O) groups is 3. The number of nitrogens with zero attached hydrogens (tertiary/aromatic N) is 6. The van der Waals surface area contributed by atoms with Crippen LogP contribution in [0.15, 0.2) is 85.2 Å². The molecule has 15 heteroatoms. The molecule has 0 spiro atoms. The van der Waals surface area contributed by atoms with Crippen molar-refractivity contribution in [2.75, 3.05) is 67.0 Å². The predicted molar refractivity (Wildman–Crippen MR) is 290 cm³/mol. The summed E-state index contributed by atoms with van der Waals surface area (Å²) >= 11 is 0. The number of imidazole rings is 2. The van der Waals surface area contributed by atoms with Crippen molar-refractivity contribution < 1.29 is 29.3 Å². The number of H-pyrrole nitrogens is 2. The van der Waals surface area contributed by atoms with Crippen LogP contribution in [0.25, 0.3) is 22.5 Å². The van der Waals surface area contributed by atoms with E-state index in [1.54, 1.807) is 7.11 Å².